The molecule has 1 N–H and O–H groups in total. The Labute approximate surface area is 149 Å². The first-order valence-corrected chi connectivity index (χ1v) is 8.56. The Balaban J connectivity index is 1.87. The molecule has 0 aliphatic rings. The van der Waals surface area contributed by atoms with Crippen molar-refractivity contribution in [3.05, 3.63) is 52.6 Å². The zero-order valence-corrected chi connectivity index (χ0v) is 15.2. The Kier molecular flexibility index (Phi) is 4.80. The zero-order valence-electron chi connectivity index (χ0n) is 13.1. The van der Waals surface area contributed by atoms with E-state index in [1.807, 2.05) is 48.5 Å². The zero-order chi connectivity index (χ0) is 16.2. The van der Waals surface area contributed by atoms with Crippen molar-refractivity contribution in [2.24, 2.45) is 0 Å². The number of rotatable bonds is 5. The second kappa shape index (κ2) is 6.99. The van der Waals surface area contributed by atoms with Crippen LogP contribution in [0.2, 0.25) is 0 Å². The number of nitrogens with one attached hydrogen (secondary N) is 1. The lowest BCUT2D eigenvalue weighted by Gasteiger charge is -2.12. The minimum absolute atomic E-state index is 0.800. The van der Waals surface area contributed by atoms with Gasteiger partial charge in [-0.1, -0.05) is 28.7 Å². The summed E-state index contributed by atoms with van der Waals surface area (Å²) in [6, 6.07) is 14.2. The fourth-order valence-corrected chi connectivity index (χ4v) is 2.50. The van der Waals surface area contributed by atoms with Gasteiger partial charge in [-0.3, -0.25) is 0 Å². The predicted molar refractivity (Wildman–Crippen MR) is 105 cm³/mol. The molecular weight excluding hydrogens is 397 g/mol. The van der Waals surface area contributed by atoms with Crippen LogP contribution in [0.5, 0.6) is 0 Å². The number of hydrogen-bond acceptors (Lipinski definition) is 4. The first-order valence-electron chi connectivity index (χ1n) is 7.31. The van der Waals surface area contributed by atoms with Crippen molar-refractivity contribution < 1.29 is 0 Å². The summed E-state index contributed by atoms with van der Waals surface area (Å²) >= 11 is 2.21. The van der Waals surface area contributed by atoms with Crippen LogP contribution in [0, 0.1) is 0 Å². The SMILES string of the molecule is CN(C)c1ccc(-n2nc3ccc(NC/C=C/[123I])cc3n2)cc1. The van der Waals surface area contributed by atoms with E-state index in [0.29, 0.717) is 0 Å². The van der Waals surface area contributed by atoms with Gasteiger partial charge in [0.1, 0.15) is 11.0 Å². The summed E-state index contributed by atoms with van der Waals surface area (Å²) in [4.78, 5) is 3.75. The lowest BCUT2D eigenvalue weighted by molar-refractivity contribution is 0.765. The molecule has 0 bridgehead atoms. The van der Waals surface area contributed by atoms with E-state index in [1.54, 1.807) is 4.80 Å². The van der Waals surface area contributed by atoms with E-state index in [1.165, 1.54) is 0 Å². The Bertz CT molecular complexity index is 821. The minimum atomic E-state index is 0.800. The van der Waals surface area contributed by atoms with Gasteiger partial charge in [0, 0.05) is 32.0 Å². The summed E-state index contributed by atoms with van der Waals surface area (Å²) in [5.41, 5.74) is 4.92. The average molecular weight is 415 g/mol. The van der Waals surface area contributed by atoms with Crippen molar-refractivity contribution in [2.75, 3.05) is 30.9 Å². The van der Waals surface area contributed by atoms with Crippen LogP contribution in [0.4, 0.5) is 11.4 Å². The van der Waals surface area contributed by atoms with Gasteiger partial charge < -0.3 is 10.2 Å². The van der Waals surface area contributed by atoms with Crippen molar-refractivity contribution in [3.63, 3.8) is 0 Å². The molecule has 1 heterocycles. The number of hydrogen-bond donors (Lipinski definition) is 1. The van der Waals surface area contributed by atoms with Crippen molar-refractivity contribution >= 4 is 45.0 Å². The standard InChI is InChI=1S/C17H18IN5/c1-22(2)14-5-7-15(8-6-14)23-20-16-9-4-13(12-17(16)21-23)19-11-3-10-18/h3-10,12,19H,11H2,1-2H3/b10-3+/i18-4. The summed E-state index contributed by atoms with van der Waals surface area (Å²) < 4.78 is 2.00. The number of nitrogens with zero attached hydrogens (tertiary/aromatic N) is 4. The molecule has 0 radical (unpaired) electrons. The first kappa shape index (κ1) is 15.8. The van der Waals surface area contributed by atoms with E-state index in [2.05, 4.69) is 61.2 Å². The van der Waals surface area contributed by atoms with Crippen molar-refractivity contribution in [1.29, 1.82) is 0 Å². The molecule has 0 spiro atoms. The fraction of sp³-hybridized carbons (Fsp3) is 0.176. The molecule has 2 aromatic carbocycles. The lowest BCUT2D eigenvalue weighted by atomic mass is 10.3. The maximum Gasteiger partial charge on any atom is 0.115 e. The molecule has 0 saturated carbocycles. The molecule has 23 heavy (non-hydrogen) atoms. The van der Waals surface area contributed by atoms with E-state index in [-0.39, 0.29) is 0 Å². The van der Waals surface area contributed by atoms with Crippen LogP contribution in [-0.2, 0) is 0 Å². The molecule has 5 nitrogen and oxygen atoms in total. The highest BCUT2D eigenvalue weighted by Crippen LogP contribution is 2.19. The number of halogens is 1. The molecule has 1 aromatic heterocycles. The van der Waals surface area contributed by atoms with Crippen LogP contribution in [0.25, 0.3) is 16.7 Å². The first-order chi connectivity index (χ1) is 11.2. The Hall–Kier alpha value is -2.09. The molecule has 3 aromatic rings. The molecule has 0 atom stereocenters. The molecule has 0 amide bonds. The number of benzene rings is 2. The number of anilines is 2. The van der Waals surface area contributed by atoms with Gasteiger partial charge in [0.25, 0.3) is 0 Å². The van der Waals surface area contributed by atoms with E-state index >= 15 is 0 Å². The highest BCUT2D eigenvalue weighted by atomic mass is 123. The molecule has 0 aliphatic heterocycles. The smallest absolute Gasteiger partial charge is 0.115 e. The van der Waals surface area contributed by atoms with Crippen LogP contribution >= 0.6 is 22.6 Å². The fourth-order valence-electron chi connectivity index (χ4n) is 2.25. The quantitative estimate of drug-likeness (QED) is 0.644. The molecule has 0 saturated heterocycles. The Morgan fingerprint density at radius 1 is 1.09 bits per heavy atom. The summed E-state index contributed by atoms with van der Waals surface area (Å²) in [6.07, 6.45) is 2.06. The third-order valence-corrected chi connectivity index (χ3v) is 4.00. The van der Waals surface area contributed by atoms with E-state index < -0.39 is 0 Å². The lowest BCUT2D eigenvalue weighted by Crippen LogP contribution is -2.08. The number of fused-ring (bicyclic) bond motifs is 1. The van der Waals surface area contributed by atoms with Gasteiger partial charge in [-0.05, 0) is 46.5 Å². The van der Waals surface area contributed by atoms with Crippen LogP contribution in [0.1, 0.15) is 0 Å². The third kappa shape index (κ3) is 3.64. The predicted octanol–water partition coefficient (Wildman–Crippen LogP) is 3.85. The minimum Gasteiger partial charge on any atom is -0.381 e. The summed E-state index contributed by atoms with van der Waals surface area (Å²) in [5.74, 6) is 0. The molecule has 0 unspecified atom stereocenters. The van der Waals surface area contributed by atoms with Crippen molar-refractivity contribution in [1.82, 2.24) is 15.0 Å². The average Bonchev–Trinajstić information content (AvgIpc) is 2.98. The second-order valence-corrected chi connectivity index (χ2v) is 6.07. The van der Waals surface area contributed by atoms with Gasteiger partial charge in [0.05, 0.1) is 5.69 Å². The second-order valence-electron chi connectivity index (χ2n) is 5.35. The third-order valence-electron chi connectivity index (χ3n) is 3.49. The summed E-state index contributed by atoms with van der Waals surface area (Å²) in [5, 5.41) is 12.5. The van der Waals surface area contributed by atoms with E-state index in [9.17, 15) is 0 Å². The van der Waals surface area contributed by atoms with Gasteiger partial charge in [-0.25, -0.2) is 0 Å². The van der Waals surface area contributed by atoms with Crippen LogP contribution < -0.4 is 10.2 Å². The normalized spacial score (nSPS) is 11.3. The molecular formula is C17H18IN5. The molecule has 118 valence electrons. The Morgan fingerprint density at radius 3 is 2.52 bits per heavy atom. The monoisotopic (exact) mass is 415 g/mol. The van der Waals surface area contributed by atoms with Gasteiger partial charge in [-0.15, -0.1) is 10.2 Å². The maximum atomic E-state index is 4.58. The molecule has 3 rings (SSSR count). The van der Waals surface area contributed by atoms with Crippen LogP contribution in [0.15, 0.2) is 52.6 Å². The van der Waals surface area contributed by atoms with Gasteiger partial charge in [0.15, 0.2) is 0 Å². The number of aromatic nitrogens is 3. The summed E-state index contributed by atoms with van der Waals surface area (Å²) in [6.45, 7) is 0.800. The Morgan fingerprint density at radius 2 is 1.83 bits per heavy atom. The summed E-state index contributed by atoms with van der Waals surface area (Å²) in [7, 11) is 4.05. The molecule has 0 fully saturated rings. The van der Waals surface area contributed by atoms with E-state index in [0.717, 1.165) is 34.6 Å². The van der Waals surface area contributed by atoms with Gasteiger partial charge in [0.2, 0.25) is 0 Å². The van der Waals surface area contributed by atoms with E-state index in [4.69, 9.17) is 0 Å². The topological polar surface area (TPSA) is 46.0 Å². The molecule has 6 heteroatoms. The molecule has 0 aliphatic carbocycles. The van der Waals surface area contributed by atoms with Crippen molar-refractivity contribution in [3.8, 4) is 5.69 Å². The van der Waals surface area contributed by atoms with Crippen molar-refractivity contribution in [2.45, 2.75) is 0 Å². The van der Waals surface area contributed by atoms with Gasteiger partial charge >= 0.3 is 0 Å². The van der Waals surface area contributed by atoms with Crippen LogP contribution in [0.3, 0.4) is 0 Å². The highest BCUT2D eigenvalue weighted by Gasteiger charge is 2.06. The maximum absolute atomic E-state index is 4.58. The van der Waals surface area contributed by atoms with Crippen LogP contribution in [-0.4, -0.2) is 35.6 Å². The largest absolute Gasteiger partial charge is 0.381 e. The highest BCUT2D eigenvalue weighted by molar-refractivity contribution is 14.1. The van der Waals surface area contributed by atoms with Gasteiger partial charge in [-0.2, -0.15) is 4.80 Å².